The number of fused-ring (bicyclic) bond motifs is 1. The van der Waals surface area contributed by atoms with Crippen LogP contribution in [0.4, 0.5) is 0 Å². The largest absolute Gasteiger partial charge is 0.477 e. The first-order valence-electron chi connectivity index (χ1n) is 8.04. The van der Waals surface area contributed by atoms with E-state index in [0.29, 0.717) is 16.1 Å². The minimum atomic E-state index is -1.04. The summed E-state index contributed by atoms with van der Waals surface area (Å²) in [7, 11) is 1.60. The van der Waals surface area contributed by atoms with Crippen molar-refractivity contribution in [2.75, 3.05) is 13.9 Å². The van der Waals surface area contributed by atoms with Crippen molar-refractivity contribution in [1.82, 2.24) is 15.0 Å². The fourth-order valence-corrected chi connectivity index (χ4v) is 4.60. The highest BCUT2D eigenvalue weighted by Crippen LogP contribution is 2.48. The average Bonchev–Trinajstić information content (AvgIpc) is 3.21. The molecule has 0 atom stereocenters. The van der Waals surface area contributed by atoms with Crippen LogP contribution in [0.2, 0.25) is 5.02 Å². The fraction of sp³-hybridized carbons (Fsp3) is 0.353. The number of thiazole rings is 1. The third-order valence-electron chi connectivity index (χ3n) is 4.60. The number of rotatable bonds is 6. The summed E-state index contributed by atoms with van der Waals surface area (Å²) in [5.41, 5.74) is 0.873. The van der Waals surface area contributed by atoms with Crippen LogP contribution in [0.5, 0.6) is 0 Å². The number of nitrogens with one attached hydrogen (secondary N) is 1. The maximum atomic E-state index is 11.3. The van der Waals surface area contributed by atoms with E-state index in [9.17, 15) is 9.90 Å². The van der Waals surface area contributed by atoms with E-state index in [1.165, 1.54) is 17.5 Å². The normalized spacial score (nSPS) is 15.9. The van der Waals surface area contributed by atoms with Gasteiger partial charge in [-0.2, -0.15) is 0 Å². The zero-order valence-electron chi connectivity index (χ0n) is 13.9. The van der Waals surface area contributed by atoms with Crippen LogP contribution in [0.3, 0.4) is 0 Å². The molecule has 3 aromatic rings. The molecule has 1 fully saturated rings. The van der Waals surface area contributed by atoms with Gasteiger partial charge in [-0.15, -0.1) is 11.3 Å². The van der Waals surface area contributed by atoms with E-state index in [4.69, 9.17) is 21.1 Å². The number of carboxylic acid groups (broad SMARTS) is 1. The molecule has 7 nitrogen and oxygen atoms in total. The van der Waals surface area contributed by atoms with Crippen LogP contribution in [0, 0.1) is 0 Å². The molecule has 0 spiro atoms. The van der Waals surface area contributed by atoms with Gasteiger partial charge in [0.1, 0.15) is 28.7 Å². The van der Waals surface area contributed by atoms with E-state index in [-0.39, 0.29) is 12.5 Å². The van der Waals surface area contributed by atoms with E-state index >= 15 is 0 Å². The van der Waals surface area contributed by atoms with Gasteiger partial charge in [-0.1, -0.05) is 11.6 Å². The lowest BCUT2D eigenvalue weighted by atomic mass is 9.80. The number of methoxy groups -OCH3 is 1. The summed E-state index contributed by atoms with van der Waals surface area (Å²) < 4.78 is 11.0. The third kappa shape index (κ3) is 2.79. The lowest BCUT2D eigenvalue weighted by molar-refractivity contribution is -0.171. The molecule has 0 radical (unpaired) electrons. The number of hydrogen-bond acceptors (Lipinski definition) is 6. The van der Waals surface area contributed by atoms with Crippen molar-refractivity contribution in [3.05, 3.63) is 34.2 Å². The molecule has 3 aromatic heterocycles. The van der Waals surface area contributed by atoms with Crippen LogP contribution in [0.1, 0.15) is 34.8 Å². The number of nitrogens with zero attached hydrogens (tertiary/aromatic N) is 2. The number of ether oxygens (including phenoxy) is 2. The van der Waals surface area contributed by atoms with Crippen LogP contribution in [-0.4, -0.2) is 39.9 Å². The molecule has 0 bridgehead atoms. The molecule has 1 aliphatic carbocycles. The van der Waals surface area contributed by atoms with Gasteiger partial charge in [-0.05, 0) is 25.3 Å². The van der Waals surface area contributed by atoms with Gasteiger partial charge in [0.05, 0.1) is 9.90 Å². The summed E-state index contributed by atoms with van der Waals surface area (Å²) in [5, 5.41) is 11.2. The van der Waals surface area contributed by atoms with E-state index in [2.05, 4.69) is 15.0 Å². The van der Waals surface area contributed by atoms with Crippen LogP contribution in [-0.2, 0) is 15.1 Å². The Labute approximate surface area is 157 Å². The van der Waals surface area contributed by atoms with Crippen molar-refractivity contribution < 1.29 is 19.4 Å². The first-order valence-corrected chi connectivity index (χ1v) is 9.23. The van der Waals surface area contributed by atoms with E-state index < -0.39 is 11.6 Å². The van der Waals surface area contributed by atoms with Crippen molar-refractivity contribution in [2.24, 2.45) is 0 Å². The highest BCUT2D eigenvalue weighted by atomic mass is 35.5. The van der Waals surface area contributed by atoms with Gasteiger partial charge in [0.25, 0.3) is 0 Å². The van der Waals surface area contributed by atoms with Gasteiger partial charge < -0.3 is 19.6 Å². The topological polar surface area (TPSA) is 97.3 Å². The number of H-pyrrole nitrogens is 1. The van der Waals surface area contributed by atoms with Gasteiger partial charge in [-0.25, -0.2) is 14.8 Å². The first-order chi connectivity index (χ1) is 12.5. The van der Waals surface area contributed by atoms with E-state index in [1.807, 2.05) is 0 Å². The van der Waals surface area contributed by atoms with Gasteiger partial charge in [0.15, 0.2) is 0 Å². The minimum Gasteiger partial charge on any atom is -0.477 e. The second-order valence-electron chi connectivity index (χ2n) is 6.16. The minimum absolute atomic E-state index is 0.0691. The number of aromatic carboxylic acids is 1. The summed E-state index contributed by atoms with van der Waals surface area (Å²) in [6.45, 7) is 0.217. The lowest BCUT2D eigenvalue weighted by Crippen LogP contribution is -2.37. The lowest BCUT2D eigenvalue weighted by Gasteiger charge is -2.39. The van der Waals surface area contributed by atoms with Crippen molar-refractivity contribution in [3.8, 4) is 10.4 Å². The monoisotopic (exact) mass is 393 g/mol. The number of halogens is 1. The number of hydrogen-bond donors (Lipinski definition) is 2. The Hall–Kier alpha value is -2.00. The van der Waals surface area contributed by atoms with Crippen molar-refractivity contribution in [1.29, 1.82) is 0 Å². The first kappa shape index (κ1) is 17.4. The molecule has 4 rings (SSSR count). The zero-order valence-corrected chi connectivity index (χ0v) is 15.5. The number of carboxylic acids is 1. The molecule has 0 saturated heterocycles. The highest BCUT2D eigenvalue weighted by molar-refractivity contribution is 7.15. The Morgan fingerprint density at radius 1 is 1.42 bits per heavy atom. The molecule has 2 N–H and O–H groups in total. The standard InChI is InChI=1S/C17H16ClN3O4S/c1-24-8-25-17(3-2-4-17)16-20-7-12(26-16)13-9-5-11(15(22)23)21-14(9)19-6-10(13)18/h5-7H,2-4,8H2,1H3,(H,19,21)(H,22,23). The van der Waals surface area contributed by atoms with Crippen LogP contribution in [0.15, 0.2) is 18.5 Å². The summed E-state index contributed by atoms with van der Waals surface area (Å²) >= 11 is 7.89. The molecule has 1 aliphatic rings. The molecule has 0 aliphatic heterocycles. The van der Waals surface area contributed by atoms with Gasteiger partial charge in [0.2, 0.25) is 0 Å². The molecule has 26 heavy (non-hydrogen) atoms. The van der Waals surface area contributed by atoms with E-state index in [0.717, 1.165) is 34.7 Å². The molecular formula is C17H16ClN3O4S. The molecule has 1 saturated carbocycles. The second kappa shape index (κ2) is 6.62. The Morgan fingerprint density at radius 2 is 2.23 bits per heavy atom. The Bertz CT molecular complexity index is 980. The number of aromatic amines is 1. The smallest absolute Gasteiger partial charge is 0.352 e. The van der Waals surface area contributed by atoms with Crippen LogP contribution in [0.25, 0.3) is 21.5 Å². The Morgan fingerprint density at radius 3 is 2.88 bits per heavy atom. The van der Waals surface area contributed by atoms with Crippen molar-refractivity contribution in [3.63, 3.8) is 0 Å². The summed E-state index contributed by atoms with van der Waals surface area (Å²) in [5.74, 6) is -1.04. The molecule has 0 aromatic carbocycles. The third-order valence-corrected chi connectivity index (χ3v) is 6.09. The maximum Gasteiger partial charge on any atom is 0.352 e. The molecular weight excluding hydrogens is 378 g/mol. The maximum absolute atomic E-state index is 11.3. The van der Waals surface area contributed by atoms with Gasteiger partial charge in [0, 0.05) is 30.5 Å². The number of aromatic nitrogens is 3. The molecule has 9 heteroatoms. The summed E-state index contributed by atoms with van der Waals surface area (Å²) in [6, 6.07) is 1.55. The van der Waals surface area contributed by atoms with Gasteiger partial charge >= 0.3 is 5.97 Å². The molecule has 3 heterocycles. The zero-order chi connectivity index (χ0) is 18.3. The fourth-order valence-electron chi connectivity index (χ4n) is 3.11. The Kier molecular flexibility index (Phi) is 4.44. The Balaban J connectivity index is 1.78. The quantitative estimate of drug-likeness (QED) is 0.613. The molecule has 136 valence electrons. The predicted molar refractivity (Wildman–Crippen MR) is 97.7 cm³/mol. The number of carbonyl (C=O) groups is 1. The summed E-state index contributed by atoms with van der Waals surface area (Å²) in [4.78, 5) is 23.6. The van der Waals surface area contributed by atoms with Crippen molar-refractivity contribution >= 4 is 39.9 Å². The van der Waals surface area contributed by atoms with Gasteiger partial charge in [-0.3, -0.25) is 0 Å². The van der Waals surface area contributed by atoms with Crippen molar-refractivity contribution in [2.45, 2.75) is 24.9 Å². The van der Waals surface area contributed by atoms with E-state index in [1.54, 1.807) is 19.4 Å². The summed E-state index contributed by atoms with van der Waals surface area (Å²) in [6.07, 6.45) is 6.15. The predicted octanol–water partition coefficient (Wildman–Crippen LogP) is 4.04. The number of pyridine rings is 1. The average molecular weight is 394 g/mol. The SMILES string of the molecule is COCOC1(c2ncc(-c3c(Cl)cnc4[nH]c(C(=O)O)cc34)s2)CCC1. The van der Waals surface area contributed by atoms with Crippen LogP contribution < -0.4 is 0 Å². The molecule has 0 amide bonds. The highest BCUT2D eigenvalue weighted by Gasteiger charge is 2.42. The van der Waals surface area contributed by atoms with Crippen LogP contribution >= 0.6 is 22.9 Å². The second-order valence-corrected chi connectivity index (χ2v) is 7.60. The molecule has 0 unspecified atom stereocenters.